The lowest BCUT2D eigenvalue weighted by molar-refractivity contribution is -0.527. The quantitative estimate of drug-likeness (QED) is 0.337. The van der Waals surface area contributed by atoms with E-state index < -0.39 is 15.9 Å². The first kappa shape index (κ1) is 10.7. The minimum Gasteiger partial charge on any atom is -0.481 e. The molecule has 1 atom stereocenters. The monoisotopic (exact) mass is 217 g/mol. The topological polar surface area (TPSA) is 80.4 Å². The summed E-state index contributed by atoms with van der Waals surface area (Å²) in [6.45, 7) is 0. The molecule has 0 radical (unpaired) electrons. The number of alkyl halides is 1. The lowest BCUT2D eigenvalue weighted by Crippen LogP contribution is -2.30. The van der Waals surface area contributed by atoms with Gasteiger partial charge in [-0.25, -0.2) is 0 Å². The van der Waals surface area contributed by atoms with Crippen molar-refractivity contribution in [3.63, 3.8) is 0 Å². The van der Waals surface area contributed by atoms with Crippen LogP contribution in [0.5, 0.6) is 0 Å². The highest BCUT2D eigenvalue weighted by molar-refractivity contribution is 6.24. The lowest BCUT2D eigenvalue weighted by Gasteiger charge is -2.16. The molecule has 0 aromatic carbocycles. The Kier molecular flexibility index (Phi) is 2.90. The second-order valence-corrected chi connectivity index (χ2v) is 3.62. The fraction of sp³-hybridized carbons (Fsp3) is 0.375. The van der Waals surface area contributed by atoms with Crippen molar-refractivity contribution in [2.24, 2.45) is 0 Å². The number of hydrogen-bond donors (Lipinski definition) is 1. The van der Waals surface area contributed by atoms with Gasteiger partial charge in [0, 0.05) is 11.0 Å². The molecule has 76 valence electrons. The van der Waals surface area contributed by atoms with Gasteiger partial charge in [0.1, 0.15) is 0 Å². The van der Waals surface area contributed by atoms with Crippen LogP contribution in [0.25, 0.3) is 0 Å². The molecule has 0 spiro atoms. The molecular formula is C8H8ClNO4. The lowest BCUT2D eigenvalue weighted by atomic mass is 10.0. The summed E-state index contributed by atoms with van der Waals surface area (Å²) in [5, 5.41) is 18.9. The molecule has 6 heteroatoms. The zero-order valence-electron chi connectivity index (χ0n) is 7.14. The molecule has 1 rings (SSSR count). The third-order valence-corrected chi connectivity index (χ3v) is 2.28. The van der Waals surface area contributed by atoms with Crippen molar-refractivity contribution < 1.29 is 14.8 Å². The molecule has 1 aliphatic carbocycles. The number of nitro groups is 1. The minimum absolute atomic E-state index is 0.0146. The first-order valence-corrected chi connectivity index (χ1v) is 4.25. The molecule has 0 fully saturated rings. The molecule has 0 saturated carbocycles. The fourth-order valence-electron chi connectivity index (χ4n) is 1.09. The van der Waals surface area contributed by atoms with Crippen LogP contribution in [0.2, 0.25) is 0 Å². The second-order valence-electron chi connectivity index (χ2n) is 2.96. The standard InChI is InChI=1S/C8H8ClNO4/c9-8(10(13)14)3-1-6(2-4-8)5-7(11)12/h1-3H,4-5H2,(H,11,12). The molecule has 0 bridgehead atoms. The van der Waals surface area contributed by atoms with Crippen molar-refractivity contribution in [3.8, 4) is 0 Å². The van der Waals surface area contributed by atoms with E-state index in [4.69, 9.17) is 16.7 Å². The Morgan fingerprint density at radius 3 is 2.79 bits per heavy atom. The average Bonchev–Trinajstić information content (AvgIpc) is 2.08. The van der Waals surface area contributed by atoms with Crippen molar-refractivity contribution in [1.82, 2.24) is 0 Å². The minimum atomic E-state index is -1.61. The Bertz CT molecular complexity index is 336. The zero-order valence-corrected chi connectivity index (χ0v) is 7.90. The van der Waals surface area contributed by atoms with Crippen molar-refractivity contribution in [2.45, 2.75) is 17.8 Å². The average molecular weight is 218 g/mol. The van der Waals surface area contributed by atoms with Gasteiger partial charge in [0.2, 0.25) is 0 Å². The maximum atomic E-state index is 10.5. The van der Waals surface area contributed by atoms with Crippen LogP contribution in [0.3, 0.4) is 0 Å². The Hall–Kier alpha value is -1.36. The van der Waals surface area contributed by atoms with Crippen LogP contribution < -0.4 is 0 Å². The Labute approximate surface area is 84.8 Å². The first-order valence-electron chi connectivity index (χ1n) is 3.87. The molecular weight excluding hydrogens is 210 g/mol. The molecule has 0 aliphatic heterocycles. The molecule has 1 aliphatic rings. The summed E-state index contributed by atoms with van der Waals surface area (Å²) in [6.07, 6.45) is 3.95. The van der Waals surface area contributed by atoms with Crippen LogP contribution in [0.4, 0.5) is 0 Å². The number of carboxylic acid groups (broad SMARTS) is 1. The van der Waals surface area contributed by atoms with Gasteiger partial charge < -0.3 is 5.11 Å². The number of hydrogen-bond acceptors (Lipinski definition) is 3. The highest BCUT2D eigenvalue weighted by Gasteiger charge is 2.37. The predicted octanol–water partition coefficient (Wildman–Crippen LogP) is 1.56. The van der Waals surface area contributed by atoms with Crippen LogP contribution in [-0.2, 0) is 4.79 Å². The molecule has 0 aromatic rings. The van der Waals surface area contributed by atoms with Crippen LogP contribution >= 0.6 is 11.6 Å². The summed E-state index contributed by atoms with van der Waals surface area (Å²) in [7, 11) is 0. The number of halogens is 1. The van der Waals surface area contributed by atoms with Gasteiger partial charge in [0.25, 0.3) is 0 Å². The molecule has 1 unspecified atom stereocenters. The summed E-state index contributed by atoms with van der Waals surface area (Å²) in [5.41, 5.74) is 0.538. The third-order valence-electron chi connectivity index (χ3n) is 1.86. The van der Waals surface area contributed by atoms with E-state index in [9.17, 15) is 14.9 Å². The van der Waals surface area contributed by atoms with E-state index in [1.165, 1.54) is 18.2 Å². The van der Waals surface area contributed by atoms with Crippen LogP contribution in [0.15, 0.2) is 23.8 Å². The van der Waals surface area contributed by atoms with Crippen molar-refractivity contribution in [3.05, 3.63) is 33.9 Å². The number of nitrogens with zero attached hydrogens (tertiary/aromatic N) is 1. The van der Waals surface area contributed by atoms with Gasteiger partial charge in [0.15, 0.2) is 0 Å². The number of aliphatic carboxylic acids is 1. The van der Waals surface area contributed by atoms with Crippen LogP contribution in [-0.4, -0.2) is 21.0 Å². The van der Waals surface area contributed by atoms with E-state index in [0.29, 0.717) is 5.57 Å². The van der Waals surface area contributed by atoms with Gasteiger partial charge in [-0.15, -0.1) is 0 Å². The second kappa shape index (κ2) is 3.79. The number of carbonyl (C=O) groups is 1. The van der Waals surface area contributed by atoms with Gasteiger partial charge in [-0.2, -0.15) is 0 Å². The maximum Gasteiger partial charge on any atom is 0.317 e. The molecule has 14 heavy (non-hydrogen) atoms. The van der Waals surface area contributed by atoms with Gasteiger partial charge in [0.05, 0.1) is 12.8 Å². The van der Waals surface area contributed by atoms with Gasteiger partial charge in [-0.3, -0.25) is 14.9 Å². The van der Waals surface area contributed by atoms with E-state index in [-0.39, 0.29) is 12.8 Å². The summed E-state index contributed by atoms with van der Waals surface area (Å²) < 4.78 is 0. The van der Waals surface area contributed by atoms with Crippen molar-refractivity contribution in [1.29, 1.82) is 0 Å². The van der Waals surface area contributed by atoms with Crippen molar-refractivity contribution in [2.75, 3.05) is 0 Å². The van der Waals surface area contributed by atoms with E-state index in [2.05, 4.69) is 0 Å². The van der Waals surface area contributed by atoms with Gasteiger partial charge in [-0.05, 0) is 17.2 Å². The normalized spacial score (nSPS) is 25.6. The molecule has 0 saturated heterocycles. The van der Waals surface area contributed by atoms with Gasteiger partial charge in [-0.1, -0.05) is 12.2 Å². The molecule has 0 amide bonds. The largest absolute Gasteiger partial charge is 0.481 e. The third kappa shape index (κ3) is 2.32. The Morgan fingerprint density at radius 1 is 1.79 bits per heavy atom. The SMILES string of the molecule is O=C(O)CC1=CCC(Cl)([N+](=O)[O-])C=C1. The number of rotatable bonds is 3. The fourth-order valence-corrected chi connectivity index (χ4v) is 1.23. The smallest absolute Gasteiger partial charge is 0.317 e. The Morgan fingerprint density at radius 2 is 2.43 bits per heavy atom. The van der Waals surface area contributed by atoms with Crippen LogP contribution in [0.1, 0.15) is 12.8 Å². The predicted molar refractivity (Wildman–Crippen MR) is 49.7 cm³/mol. The van der Waals surface area contributed by atoms with Gasteiger partial charge >= 0.3 is 11.0 Å². The first-order chi connectivity index (χ1) is 6.44. The highest BCUT2D eigenvalue weighted by Crippen LogP contribution is 2.29. The van der Waals surface area contributed by atoms with E-state index >= 15 is 0 Å². The van der Waals surface area contributed by atoms with Crippen LogP contribution in [0, 0.1) is 10.1 Å². The van der Waals surface area contributed by atoms with E-state index in [0.717, 1.165) is 0 Å². The summed E-state index contributed by atoms with van der Waals surface area (Å²) >= 11 is 5.63. The zero-order chi connectivity index (χ0) is 10.8. The molecule has 0 aromatic heterocycles. The number of allylic oxidation sites excluding steroid dienone is 1. The summed E-state index contributed by atoms with van der Waals surface area (Å²) in [6, 6.07) is 0. The Balaban J connectivity index is 2.70. The maximum absolute atomic E-state index is 10.5. The van der Waals surface area contributed by atoms with Crippen molar-refractivity contribution >= 4 is 17.6 Å². The molecule has 1 N–H and O–H groups in total. The number of carboxylic acids is 1. The van der Waals surface area contributed by atoms with E-state index in [1.807, 2.05) is 0 Å². The highest BCUT2D eigenvalue weighted by atomic mass is 35.5. The summed E-state index contributed by atoms with van der Waals surface area (Å²) in [5.74, 6) is -0.968. The summed E-state index contributed by atoms with van der Waals surface area (Å²) in [4.78, 5) is 18.6. The molecule has 5 nitrogen and oxygen atoms in total. The van der Waals surface area contributed by atoms with E-state index in [1.54, 1.807) is 0 Å². The molecule has 0 heterocycles.